The Balaban J connectivity index is 1.74. The van der Waals surface area contributed by atoms with E-state index in [1.165, 1.54) is 0 Å². The molecule has 0 atom stereocenters. The van der Waals surface area contributed by atoms with Gasteiger partial charge in [0.05, 0.1) is 0 Å². The van der Waals surface area contributed by atoms with Crippen LogP contribution in [0.5, 0.6) is 0 Å². The van der Waals surface area contributed by atoms with E-state index in [0.29, 0.717) is 18.7 Å². The molecule has 2 N–H and O–H groups in total. The Kier molecular flexibility index (Phi) is 5.92. The van der Waals surface area contributed by atoms with Gasteiger partial charge in [0.25, 0.3) is 5.91 Å². The van der Waals surface area contributed by atoms with Crippen LogP contribution < -0.4 is 10.6 Å². The van der Waals surface area contributed by atoms with Crippen molar-refractivity contribution in [3.05, 3.63) is 70.8 Å². The van der Waals surface area contributed by atoms with Gasteiger partial charge >= 0.3 is 0 Å². The quantitative estimate of drug-likeness (QED) is 0.862. The van der Waals surface area contributed by atoms with E-state index in [1.807, 2.05) is 56.3 Å². The second-order valence-electron chi connectivity index (χ2n) is 5.52. The van der Waals surface area contributed by atoms with E-state index >= 15 is 0 Å². The third kappa shape index (κ3) is 4.95. The van der Waals surface area contributed by atoms with Gasteiger partial charge in [-0.2, -0.15) is 0 Å². The molecule has 0 fully saturated rings. The predicted molar refractivity (Wildman–Crippen MR) is 91.2 cm³/mol. The van der Waals surface area contributed by atoms with Gasteiger partial charge in [-0.1, -0.05) is 42.5 Å². The Morgan fingerprint density at radius 2 is 1.52 bits per heavy atom. The average molecular weight is 310 g/mol. The highest BCUT2D eigenvalue weighted by Crippen LogP contribution is 2.07. The van der Waals surface area contributed by atoms with Crippen LogP contribution in [0.15, 0.2) is 48.5 Å². The maximum absolute atomic E-state index is 12.0. The lowest BCUT2D eigenvalue weighted by molar-refractivity contribution is -0.121. The van der Waals surface area contributed by atoms with E-state index in [9.17, 15) is 9.59 Å². The van der Waals surface area contributed by atoms with Crippen LogP contribution >= 0.6 is 0 Å². The van der Waals surface area contributed by atoms with Crippen molar-refractivity contribution in [3.63, 3.8) is 0 Å². The Morgan fingerprint density at radius 1 is 0.870 bits per heavy atom. The van der Waals surface area contributed by atoms with Crippen LogP contribution in [0.2, 0.25) is 0 Å². The Labute approximate surface area is 136 Å². The standard InChI is InChI=1S/C19H22N2O2/c1-14-7-3-5-9-16(14)13-21-18(22)11-12-20-19(23)17-10-6-4-8-15(17)2/h3-10H,11-13H2,1-2H3,(H,20,23)(H,21,22). The molecule has 0 bridgehead atoms. The summed E-state index contributed by atoms with van der Waals surface area (Å²) in [7, 11) is 0. The number of aryl methyl sites for hydroxylation is 2. The highest BCUT2D eigenvalue weighted by molar-refractivity contribution is 5.95. The van der Waals surface area contributed by atoms with Gasteiger partial charge in [-0.15, -0.1) is 0 Å². The van der Waals surface area contributed by atoms with Crippen molar-refractivity contribution in [3.8, 4) is 0 Å². The molecule has 0 aromatic heterocycles. The Hall–Kier alpha value is -2.62. The number of carbonyl (C=O) groups is 2. The van der Waals surface area contributed by atoms with Crippen molar-refractivity contribution in [1.82, 2.24) is 10.6 Å². The molecule has 4 nitrogen and oxygen atoms in total. The monoisotopic (exact) mass is 310 g/mol. The molecule has 2 amide bonds. The largest absolute Gasteiger partial charge is 0.352 e. The van der Waals surface area contributed by atoms with E-state index in [0.717, 1.165) is 16.7 Å². The lowest BCUT2D eigenvalue weighted by Gasteiger charge is -2.09. The molecule has 0 saturated carbocycles. The molecule has 2 aromatic rings. The predicted octanol–water partition coefficient (Wildman–Crippen LogP) is 2.74. The minimum absolute atomic E-state index is 0.0710. The molecule has 4 heteroatoms. The van der Waals surface area contributed by atoms with Crippen LogP contribution in [-0.4, -0.2) is 18.4 Å². The number of nitrogens with one attached hydrogen (secondary N) is 2. The van der Waals surface area contributed by atoms with Crippen molar-refractivity contribution in [2.45, 2.75) is 26.8 Å². The molecule has 0 radical (unpaired) electrons. The van der Waals surface area contributed by atoms with E-state index in [4.69, 9.17) is 0 Å². The first-order chi connectivity index (χ1) is 11.1. The van der Waals surface area contributed by atoms with Crippen molar-refractivity contribution in [2.75, 3.05) is 6.54 Å². The molecule has 2 aromatic carbocycles. The summed E-state index contributed by atoms with van der Waals surface area (Å²) < 4.78 is 0. The molecule has 0 saturated heterocycles. The Bertz CT molecular complexity index is 695. The number of benzene rings is 2. The highest BCUT2D eigenvalue weighted by Gasteiger charge is 2.08. The second-order valence-corrected chi connectivity index (χ2v) is 5.52. The van der Waals surface area contributed by atoms with Crippen LogP contribution in [0.4, 0.5) is 0 Å². The summed E-state index contributed by atoms with van der Waals surface area (Å²) in [5.74, 6) is -0.215. The van der Waals surface area contributed by atoms with Gasteiger partial charge < -0.3 is 10.6 Å². The van der Waals surface area contributed by atoms with E-state index in [2.05, 4.69) is 10.6 Å². The number of amides is 2. The van der Waals surface area contributed by atoms with Crippen LogP contribution in [0.1, 0.15) is 33.5 Å². The average Bonchev–Trinajstić information content (AvgIpc) is 2.54. The molecule has 120 valence electrons. The summed E-state index contributed by atoms with van der Waals surface area (Å²) >= 11 is 0. The molecule has 23 heavy (non-hydrogen) atoms. The van der Waals surface area contributed by atoms with Crippen molar-refractivity contribution >= 4 is 11.8 Å². The molecule has 2 rings (SSSR count). The highest BCUT2D eigenvalue weighted by atomic mass is 16.2. The van der Waals surface area contributed by atoms with Gasteiger partial charge in [-0.3, -0.25) is 9.59 Å². The van der Waals surface area contributed by atoms with Crippen LogP contribution in [0.3, 0.4) is 0 Å². The molecule has 0 aliphatic carbocycles. The third-order valence-electron chi connectivity index (χ3n) is 3.76. The minimum Gasteiger partial charge on any atom is -0.352 e. The van der Waals surface area contributed by atoms with Crippen molar-refractivity contribution in [1.29, 1.82) is 0 Å². The molecule has 0 heterocycles. The van der Waals surface area contributed by atoms with Gasteiger partial charge in [-0.25, -0.2) is 0 Å². The maximum Gasteiger partial charge on any atom is 0.251 e. The van der Waals surface area contributed by atoms with Gasteiger partial charge in [0.2, 0.25) is 5.91 Å². The van der Waals surface area contributed by atoms with Crippen LogP contribution in [-0.2, 0) is 11.3 Å². The summed E-state index contributed by atoms with van der Waals surface area (Å²) in [6.45, 7) is 4.75. The minimum atomic E-state index is -0.144. The zero-order valence-electron chi connectivity index (χ0n) is 13.6. The molecule has 0 unspecified atom stereocenters. The summed E-state index contributed by atoms with van der Waals surface area (Å²) in [6.07, 6.45) is 0.267. The Morgan fingerprint density at radius 3 is 2.22 bits per heavy atom. The second kappa shape index (κ2) is 8.13. The van der Waals surface area contributed by atoms with Crippen molar-refractivity contribution in [2.24, 2.45) is 0 Å². The van der Waals surface area contributed by atoms with E-state index in [-0.39, 0.29) is 18.2 Å². The van der Waals surface area contributed by atoms with Gasteiger partial charge in [0.1, 0.15) is 0 Å². The first kappa shape index (κ1) is 16.7. The van der Waals surface area contributed by atoms with Gasteiger partial charge in [0, 0.05) is 25.1 Å². The number of rotatable bonds is 6. The first-order valence-electron chi connectivity index (χ1n) is 7.73. The SMILES string of the molecule is Cc1ccccc1CNC(=O)CCNC(=O)c1ccccc1C. The van der Waals surface area contributed by atoms with Gasteiger partial charge in [-0.05, 0) is 36.6 Å². The maximum atomic E-state index is 12.0. The topological polar surface area (TPSA) is 58.2 Å². The van der Waals surface area contributed by atoms with E-state index in [1.54, 1.807) is 6.07 Å². The molecule has 0 aliphatic heterocycles. The molecule has 0 spiro atoms. The van der Waals surface area contributed by atoms with Gasteiger partial charge in [0.15, 0.2) is 0 Å². The fourth-order valence-electron chi connectivity index (χ4n) is 2.30. The smallest absolute Gasteiger partial charge is 0.251 e. The van der Waals surface area contributed by atoms with E-state index < -0.39 is 0 Å². The summed E-state index contributed by atoms with van der Waals surface area (Å²) in [5.41, 5.74) is 3.83. The lowest BCUT2D eigenvalue weighted by Crippen LogP contribution is -2.30. The first-order valence-corrected chi connectivity index (χ1v) is 7.73. The zero-order chi connectivity index (χ0) is 16.7. The third-order valence-corrected chi connectivity index (χ3v) is 3.76. The fourth-order valence-corrected chi connectivity index (χ4v) is 2.30. The number of carbonyl (C=O) groups excluding carboxylic acids is 2. The lowest BCUT2D eigenvalue weighted by atomic mass is 10.1. The zero-order valence-corrected chi connectivity index (χ0v) is 13.6. The molecule has 0 aliphatic rings. The van der Waals surface area contributed by atoms with Crippen molar-refractivity contribution < 1.29 is 9.59 Å². The molecular formula is C19H22N2O2. The summed E-state index contributed by atoms with van der Waals surface area (Å²) in [6, 6.07) is 15.3. The fraction of sp³-hybridized carbons (Fsp3) is 0.263. The number of hydrogen-bond donors (Lipinski definition) is 2. The summed E-state index contributed by atoms with van der Waals surface area (Å²) in [4.78, 5) is 23.9. The normalized spacial score (nSPS) is 10.2. The van der Waals surface area contributed by atoms with Crippen LogP contribution in [0, 0.1) is 13.8 Å². The summed E-state index contributed by atoms with van der Waals surface area (Å²) in [5, 5.41) is 5.65. The van der Waals surface area contributed by atoms with Crippen LogP contribution in [0.25, 0.3) is 0 Å². The molecular weight excluding hydrogens is 288 g/mol. The number of hydrogen-bond acceptors (Lipinski definition) is 2.